The van der Waals surface area contributed by atoms with Crippen molar-refractivity contribution >= 4 is 44.4 Å². The Kier molecular flexibility index (Phi) is 4.84. The topological polar surface area (TPSA) is 75.4 Å². The zero-order chi connectivity index (χ0) is 15.0. The lowest BCUT2D eigenvalue weighted by Gasteiger charge is -2.30. The number of piperazine rings is 1. The molecule has 5 nitrogen and oxygen atoms in total. The largest absolute Gasteiger partial charge is 0.397 e. The fourth-order valence-corrected chi connectivity index (χ4v) is 3.67. The molecular formula is C15H20ClN3O2S. The first-order valence-electron chi connectivity index (χ1n) is 6.95. The monoisotopic (exact) mass is 341 g/mol. The van der Waals surface area contributed by atoms with Crippen molar-refractivity contribution in [2.45, 2.75) is 4.90 Å². The molecule has 22 heavy (non-hydrogen) atoms. The van der Waals surface area contributed by atoms with Gasteiger partial charge in [-0.05, 0) is 12.1 Å². The number of fused-ring (bicyclic) bond motifs is 1. The van der Waals surface area contributed by atoms with Gasteiger partial charge in [0.1, 0.15) is 0 Å². The van der Waals surface area contributed by atoms with Gasteiger partial charge in [0.25, 0.3) is 0 Å². The minimum absolute atomic E-state index is 0. The second-order valence-electron chi connectivity index (χ2n) is 5.36. The van der Waals surface area contributed by atoms with Crippen LogP contribution >= 0.6 is 12.4 Å². The Morgan fingerprint density at radius 1 is 1.09 bits per heavy atom. The predicted molar refractivity (Wildman–Crippen MR) is 93.8 cm³/mol. The minimum Gasteiger partial charge on any atom is -0.397 e. The molecule has 0 amide bonds. The van der Waals surface area contributed by atoms with Crippen LogP contribution in [0.25, 0.3) is 10.8 Å². The molecule has 0 atom stereocenters. The molecule has 1 fully saturated rings. The molecular weight excluding hydrogens is 322 g/mol. The number of nitrogens with zero attached hydrogens (tertiary/aromatic N) is 1. The molecule has 2 aromatic carbocycles. The summed E-state index contributed by atoms with van der Waals surface area (Å²) in [4.78, 5) is 2.51. The lowest BCUT2D eigenvalue weighted by atomic mass is 10.1. The van der Waals surface area contributed by atoms with Crippen LogP contribution in [0.4, 0.5) is 11.4 Å². The van der Waals surface area contributed by atoms with Crippen LogP contribution in [0.5, 0.6) is 0 Å². The van der Waals surface area contributed by atoms with Crippen LogP contribution in [0, 0.1) is 0 Å². The quantitative estimate of drug-likeness (QED) is 0.812. The highest BCUT2D eigenvalue weighted by molar-refractivity contribution is 7.90. The molecule has 1 heterocycles. The van der Waals surface area contributed by atoms with Crippen LogP contribution in [0.1, 0.15) is 0 Å². The summed E-state index contributed by atoms with van der Waals surface area (Å²) in [6.07, 6.45) is 1.19. The number of nitrogens with two attached hydrogens (primary N) is 1. The normalized spacial score (nSPS) is 15.6. The molecule has 3 rings (SSSR count). The van der Waals surface area contributed by atoms with E-state index in [0.717, 1.165) is 42.6 Å². The number of anilines is 2. The number of halogens is 1. The maximum atomic E-state index is 11.8. The third-order valence-corrected chi connectivity index (χ3v) is 5.05. The van der Waals surface area contributed by atoms with E-state index in [1.807, 2.05) is 18.2 Å². The summed E-state index contributed by atoms with van der Waals surface area (Å²) in [6, 6.07) is 9.35. The zero-order valence-electron chi connectivity index (χ0n) is 12.4. The number of benzene rings is 2. The van der Waals surface area contributed by atoms with Gasteiger partial charge in [-0.15, -0.1) is 12.4 Å². The second kappa shape index (κ2) is 6.32. The van der Waals surface area contributed by atoms with Crippen LogP contribution in [-0.4, -0.2) is 40.9 Å². The van der Waals surface area contributed by atoms with E-state index in [-0.39, 0.29) is 17.3 Å². The summed E-state index contributed by atoms with van der Waals surface area (Å²) < 4.78 is 23.6. The van der Waals surface area contributed by atoms with E-state index in [2.05, 4.69) is 16.3 Å². The average molecular weight is 342 g/mol. The number of rotatable bonds is 2. The SMILES string of the molecule is CS(=O)(=O)c1ccc2c(N3CCNCC3)cccc2c1N.Cl. The first-order valence-corrected chi connectivity index (χ1v) is 8.84. The van der Waals surface area contributed by atoms with E-state index in [4.69, 9.17) is 5.73 Å². The van der Waals surface area contributed by atoms with Gasteiger partial charge in [0.05, 0.1) is 10.6 Å². The van der Waals surface area contributed by atoms with Gasteiger partial charge in [-0.3, -0.25) is 0 Å². The van der Waals surface area contributed by atoms with E-state index < -0.39 is 9.84 Å². The van der Waals surface area contributed by atoms with Crippen molar-refractivity contribution in [1.82, 2.24) is 5.32 Å². The molecule has 0 bridgehead atoms. The highest BCUT2D eigenvalue weighted by atomic mass is 35.5. The van der Waals surface area contributed by atoms with Crippen molar-refractivity contribution in [3.05, 3.63) is 30.3 Å². The summed E-state index contributed by atoms with van der Waals surface area (Å²) in [6.45, 7) is 3.78. The van der Waals surface area contributed by atoms with Crippen molar-refractivity contribution in [3.63, 3.8) is 0 Å². The highest BCUT2D eigenvalue weighted by Gasteiger charge is 2.17. The van der Waals surface area contributed by atoms with Crippen molar-refractivity contribution in [3.8, 4) is 0 Å². The fraction of sp³-hybridized carbons (Fsp3) is 0.333. The van der Waals surface area contributed by atoms with Crippen LogP contribution in [0.2, 0.25) is 0 Å². The maximum Gasteiger partial charge on any atom is 0.177 e. The highest BCUT2D eigenvalue weighted by Crippen LogP contribution is 2.34. The maximum absolute atomic E-state index is 11.8. The molecule has 7 heteroatoms. The summed E-state index contributed by atoms with van der Waals surface area (Å²) in [7, 11) is -3.31. The second-order valence-corrected chi connectivity index (χ2v) is 7.34. The van der Waals surface area contributed by atoms with Gasteiger partial charge < -0.3 is 16.0 Å². The summed E-state index contributed by atoms with van der Waals surface area (Å²) >= 11 is 0. The van der Waals surface area contributed by atoms with Crippen LogP contribution in [0.3, 0.4) is 0 Å². The van der Waals surface area contributed by atoms with Crippen LogP contribution < -0.4 is 16.0 Å². The van der Waals surface area contributed by atoms with Crippen molar-refractivity contribution < 1.29 is 8.42 Å². The van der Waals surface area contributed by atoms with E-state index in [9.17, 15) is 8.42 Å². The van der Waals surface area contributed by atoms with Crippen molar-refractivity contribution in [2.75, 3.05) is 43.1 Å². The molecule has 0 aromatic heterocycles. The molecule has 0 aliphatic carbocycles. The Hall–Kier alpha value is -1.50. The predicted octanol–water partition coefficient (Wildman–Crippen LogP) is 1.66. The lowest BCUT2D eigenvalue weighted by Crippen LogP contribution is -2.43. The number of nitrogens with one attached hydrogen (secondary N) is 1. The van der Waals surface area contributed by atoms with Gasteiger partial charge in [0.15, 0.2) is 9.84 Å². The fourth-order valence-electron chi connectivity index (χ4n) is 2.85. The molecule has 120 valence electrons. The molecule has 0 spiro atoms. The zero-order valence-corrected chi connectivity index (χ0v) is 14.0. The Morgan fingerprint density at radius 3 is 2.41 bits per heavy atom. The van der Waals surface area contributed by atoms with E-state index in [1.54, 1.807) is 6.07 Å². The van der Waals surface area contributed by atoms with Crippen LogP contribution in [-0.2, 0) is 9.84 Å². The first-order chi connectivity index (χ1) is 9.98. The number of sulfone groups is 1. The Morgan fingerprint density at radius 2 is 1.77 bits per heavy atom. The Balaban J connectivity index is 0.00000176. The Labute approximate surface area is 136 Å². The average Bonchev–Trinajstić information content (AvgIpc) is 2.47. The molecule has 1 saturated heterocycles. The molecule has 2 aromatic rings. The van der Waals surface area contributed by atoms with Gasteiger partial charge in [-0.1, -0.05) is 18.2 Å². The number of nitrogen functional groups attached to an aromatic ring is 1. The first kappa shape index (κ1) is 16.9. The number of hydrogen-bond donors (Lipinski definition) is 2. The Bertz CT molecular complexity index is 787. The van der Waals surface area contributed by atoms with E-state index >= 15 is 0 Å². The van der Waals surface area contributed by atoms with Gasteiger partial charge in [0, 0.05) is 48.9 Å². The third-order valence-electron chi connectivity index (χ3n) is 3.90. The molecule has 0 saturated carbocycles. The van der Waals surface area contributed by atoms with E-state index in [0.29, 0.717) is 5.69 Å². The lowest BCUT2D eigenvalue weighted by molar-refractivity contribution is 0.590. The third kappa shape index (κ3) is 2.99. The van der Waals surface area contributed by atoms with Crippen molar-refractivity contribution in [1.29, 1.82) is 0 Å². The van der Waals surface area contributed by atoms with Gasteiger partial charge in [-0.25, -0.2) is 8.42 Å². The summed E-state index contributed by atoms with van der Waals surface area (Å²) in [5.41, 5.74) is 7.55. The minimum atomic E-state index is -3.31. The van der Waals surface area contributed by atoms with E-state index in [1.165, 1.54) is 6.26 Å². The molecule has 1 aliphatic rings. The van der Waals surface area contributed by atoms with Gasteiger partial charge in [-0.2, -0.15) is 0 Å². The molecule has 3 N–H and O–H groups in total. The molecule has 0 unspecified atom stereocenters. The number of hydrogen-bond acceptors (Lipinski definition) is 5. The summed E-state index contributed by atoms with van der Waals surface area (Å²) in [5.74, 6) is 0. The van der Waals surface area contributed by atoms with Crippen molar-refractivity contribution in [2.24, 2.45) is 0 Å². The standard InChI is InChI=1S/C15H19N3O2S.ClH/c1-21(19,20)14-6-5-11-12(15(14)16)3-2-4-13(11)18-9-7-17-8-10-18;/h2-6,17H,7-10,16H2,1H3;1H. The molecule has 1 aliphatic heterocycles. The summed E-state index contributed by atoms with van der Waals surface area (Å²) in [5, 5.41) is 5.13. The van der Waals surface area contributed by atoms with Crippen LogP contribution in [0.15, 0.2) is 35.2 Å². The van der Waals surface area contributed by atoms with Gasteiger partial charge >= 0.3 is 0 Å². The smallest absolute Gasteiger partial charge is 0.177 e. The molecule has 0 radical (unpaired) electrons. The van der Waals surface area contributed by atoms with Gasteiger partial charge in [0.2, 0.25) is 0 Å².